The Morgan fingerprint density at radius 2 is 2.06 bits per heavy atom. The maximum atomic E-state index is 12.3. The summed E-state index contributed by atoms with van der Waals surface area (Å²) in [5.41, 5.74) is 3.00. The van der Waals surface area contributed by atoms with Gasteiger partial charge in [0.05, 0.1) is 18.9 Å². The normalized spacial score (nSPS) is 16.5. The number of aryl methyl sites for hydroxylation is 1. The van der Waals surface area contributed by atoms with Crippen molar-refractivity contribution < 1.29 is 18.7 Å². The van der Waals surface area contributed by atoms with Crippen LogP contribution in [-0.4, -0.2) is 53.2 Å². The molecule has 33 heavy (non-hydrogen) atoms. The molecule has 2 heterocycles. The van der Waals surface area contributed by atoms with Gasteiger partial charge in [0.2, 0.25) is 5.89 Å². The van der Waals surface area contributed by atoms with Gasteiger partial charge in [0.25, 0.3) is 0 Å². The third-order valence-electron chi connectivity index (χ3n) is 5.60. The van der Waals surface area contributed by atoms with E-state index in [4.69, 9.17) is 13.9 Å². The van der Waals surface area contributed by atoms with Crippen LogP contribution in [0, 0.1) is 6.92 Å². The number of thioether (sulfide) groups is 1. The summed E-state index contributed by atoms with van der Waals surface area (Å²) >= 11 is 1.80. The van der Waals surface area contributed by atoms with Gasteiger partial charge in [-0.2, -0.15) is 11.8 Å². The van der Waals surface area contributed by atoms with Crippen molar-refractivity contribution in [2.45, 2.75) is 32.9 Å². The van der Waals surface area contributed by atoms with Crippen molar-refractivity contribution in [1.29, 1.82) is 0 Å². The second-order valence-corrected chi connectivity index (χ2v) is 9.10. The summed E-state index contributed by atoms with van der Waals surface area (Å²) in [7, 11) is 0. The minimum absolute atomic E-state index is 0.130. The number of aromatic nitrogens is 1. The zero-order chi connectivity index (χ0) is 23.0. The second kappa shape index (κ2) is 11.4. The van der Waals surface area contributed by atoms with E-state index < -0.39 is 0 Å². The van der Waals surface area contributed by atoms with E-state index in [-0.39, 0.29) is 12.0 Å². The Balaban J connectivity index is 1.34. The maximum Gasteiger partial charge on any atom is 0.324 e. The van der Waals surface area contributed by atoms with E-state index in [0.717, 1.165) is 46.4 Å². The molecule has 0 radical (unpaired) electrons. The first-order chi connectivity index (χ1) is 16.1. The first-order valence-corrected chi connectivity index (χ1v) is 12.5. The minimum atomic E-state index is -0.192. The smallest absolute Gasteiger partial charge is 0.324 e. The largest absolute Gasteiger partial charge is 0.493 e. The quantitative estimate of drug-likeness (QED) is 0.422. The van der Waals surface area contributed by atoms with E-state index in [2.05, 4.69) is 22.0 Å². The van der Waals surface area contributed by atoms with E-state index >= 15 is 0 Å². The summed E-state index contributed by atoms with van der Waals surface area (Å²) in [5.74, 6) is 3.94. The molecule has 0 bridgehead atoms. The lowest BCUT2D eigenvalue weighted by molar-refractivity contribution is -0.148. The predicted molar refractivity (Wildman–Crippen MR) is 130 cm³/mol. The lowest BCUT2D eigenvalue weighted by Gasteiger charge is -2.33. The molecule has 4 rings (SSSR count). The standard InChI is InChI=1S/C26H30N2O4S/c1-3-30-26(29)24-18-33-15-13-28(24)17-20-8-7-11-22(16-20)31-14-12-23-19(2)32-25(27-23)21-9-5-4-6-10-21/h4-11,16,24H,3,12-15,17-18H2,1-2H3. The van der Waals surface area contributed by atoms with Crippen LogP contribution in [0.1, 0.15) is 23.9 Å². The van der Waals surface area contributed by atoms with E-state index in [1.165, 1.54) is 0 Å². The van der Waals surface area contributed by atoms with Gasteiger partial charge >= 0.3 is 5.97 Å². The zero-order valence-electron chi connectivity index (χ0n) is 19.2. The van der Waals surface area contributed by atoms with Crippen molar-refractivity contribution >= 4 is 17.7 Å². The van der Waals surface area contributed by atoms with Gasteiger partial charge in [0, 0.05) is 36.6 Å². The van der Waals surface area contributed by atoms with Crippen LogP contribution in [0.3, 0.4) is 0 Å². The Morgan fingerprint density at radius 1 is 1.21 bits per heavy atom. The summed E-state index contributed by atoms with van der Waals surface area (Å²) in [6, 6.07) is 17.8. The fourth-order valence-corrected chi connectivity index (χ4v) is 4.98. The number of ether oxygens (including phenoxy) is 2. The van der Waals surface area contributed by atoms with Gasteiger partial charge in [-0.25, -0.2) is 4.98 Å². The molecule has 1 aliphatic heterocycles. The summed E-state index contributed by atoms with van der Waals surface area (Å²) < 4.78 is 17.1. The van der Waals surface area contributed by atoms with Gasteiger partial charge in [0.1, 0.15) is 17.6 Å². The first kappa shape index (κ1) is 23.4. The number of oxazole rings is 1. The van der Waals surface area contributed by atoms with E-state index in [9.17, 15) is 4.79 Å². The number of nitrogens with zero attached hydrogens (tertiary/aromatic N) is 2. The molecule has 1 unspecified atom stereocenters. The van der Waals surface area contributed by atoms with E-state index in [1.54, 1.807) is 11.8 Å². The van der Waals surface area contributed by atoms with Gasteiger partial charge < -0.3 is 13.9 Å². The Bertz CT molecular complexity index is 1050. The molecule has 1 atom stereocenters. The van der Waals surface area contributed by atoms with Gasteiger partial charge in [-0.1, -0.05) is 30.3 Å². The molecule has 1 aromatic heterocycles. The lowest BCUT2D eigenvalue weighted by atomic mass is 10.1. The average molecular weight is 467 g/mol. The molecule has 0 amide bonds. The first-order valence-electron chi connectivity index (χ1n) is 11.4. The number of carbonyl (C=O) groups excluding carboxylic acids is 1. The highest BCUT2D eigenvalue weighted by molar-refractivity contribution is 7.99. The topological polar surface area (TPSA) is 64.8 Å². The van der Waals surface area contributed by atoms with Gasteiger partial charge in [-0.15, -0.1) is 0 Å². The molecule has 0 saturated carbocycles. The van der Waals surface area contributed by atoms with Crippen LogP contribution in [0.15, 0.2) is 59.0 Å². The van der Waals surface area contributed by atoms with Crippen molar-refractivity contribution in [2.24, 2.45) is 0 Å². The van der Waals surface area contributed by atoms with Crippen LogP contribution in [0.5, 0.6) is 5.75 Å². The number of rotatable bonds is 9. The molecule has 1 fully saturated rings. The molecule has 3 aromatic rings. The Hall–Kier alpha value is -2.77. The Labute approximate surface area is 199 Å². The fraction of sp³-hybridized carbons (Fsp3) is 0.385. The van der Waals surface area contributed by atoms with Crippen LogP contribution >= 0.6 is 11.8 Å². The monoisotopic (exact) mass is 466 g/mol. The summed E-state index contributed by atoms with van der Waals surface area (Å²) in [6.45, 7) is 6.28. The number of esters is 1. The Kier molecular flexibility index (Phi) is 8.07. The van der Waals surface area contributed by atoms with Crippen molar-refractivity contribution in [1.82, 2.24) is 9.88 Å². The third-order valence-corrected chi connectivity index (χ3v) is 6.63. The van der Waals surface area contributed by atoms with Crippen molar-refractivity contribution in [3.63, 3.8) is 0 Å². The summed E-state index contributed by atoms with van der Waals surface area (Å²) in [6.07, 6.45) is 0.667. The van der Waals surface area contributed by atoms with Crippen LogP contribution in [0.25, 0.3) is 11.5 Å². The van der Waals surface area contributed by atoms with Gasteiger partial charge in [-0.05, 0) is 43.7 Å². The van der Waals surface area contributed by atoms with Crippen LogP contribution in [0.2, 0.25) is 0 Å². The average Bonchev–Trinajstić information content (AvgIpc) is 3.21. The van der Waals surface area contributed by atoms with Gasteiger partial charge in [0.15, 0.2) is 0 Å². The van der Waals surface area contributed by atoms with E-state index in [0.29, 0.717) is 32.1 Å². The van der Waals surface area contributed by atoms with Crippen molar-refractivity contribution in [3.05, 3.63) is 71.6 Å². The van der Waals surface area contributed by atoms with E-state index in [1.807, 2.05) is 56.3 Å². The fourth-order valence-electron chi connectivity index (χ4n) is 3.88. The van der Waals surface area contributed by atoms with Crippen molar-refractivity contribution in [2.75, 3.05) is 31.3 Å². The molecular formula is C26H30N2O4S. The molecule has 1 aliphatic rings. The molecule has 1 saturated heterocycles. The number of carbonyl (C=O) groups is 1. The van der Waals surface area contributed by atoms with Crippen molar-refractivity contribution in [3.8, 4) is 17.2 Å². The molecule has 0 N–H and O–H groups in total. The summed E-state index contributed by atoms with van der Waals surface area (Å²) in [5, 5.41) is 0. The molecule has 0 spiro atoms. The number of benzene rings is 2. The Morgan fingerprint density at radius 3 is 2.88 bits per heavy atom. The maximum absolute atomic E-state index is 12.3. The van der Waals surface area contributed by atoms with Crippen LogP contribution < -0.4 is 4.74 Å². The zero-order valence-corrected chi connectivity index (χ0v) is 20.0. The SMILES string of the molecule is CCOC(=O)C1CSCCN1Cc1cccc(OCCc2nc(-c3ccccc3)oc2C)c1. The summed E-state index contributed by atoms with van der Waals surface area (Å²) in [4.78, 5) is 19.2. The molecular weight excluding hydrogens is 436 g/mol. The molecule has 2 aromatic carbocycles. The molecule has 174 valence electrons. The molecule has 0 aliphatic carbocycles. The number of hydrogen-bond acceptors (Lipinski definition) is 7. The molecule has 7 heteroatoms. The lowest BCUT2D eigenvalue weighted by Crippen LogP contribution is -2.47. The highest BCUT2D eigenvalue weighted by atomic mass is 32.2. The highest BCUT2D eigenvalue weighted by Gasteiger charge is 2.30. The van der Waals surface area contributed by atoms with Crippen LogP contribution in [-0.2, 0) is 22.5 Å². The third kappa shape index (κ3) is 6.18. The number of hydrogen-bond donors (Lipinski definition) is 0. The highest BCUT2D eigenvalue weighted by Crippen LogP contribution is 2.24. The van der Waals surface area contributed by atoms with Gasteiger partial charge in [-0.3, -0.25) is 9.69 Å². The predicted octanol–water partition coefficient (Wildman–Crippen LogP) is 4.75. The minimum Gasteiger partial charge on any atom is -0.493 e. The molecule has 6 nitrogen and oxygen atoms in total. The van der Waals surface area contributed by atoms with Crippen LogP contribution in [0.4, 0.5) is 0 Å². The second-order valence-electron chi connectivity index (χ2n) is 7.95.